The maximum Gasteiger partial charge on any atom is 0.241 e. The van der Waals surface area contributed by atoms with Crippen LogP contribution >= 0.6 is 0 Å². The van der Waals surface area contributed by atoms with Gasteiger partial charge in [0.05, 0.1) is 11.5 Å². The van der Waals surface area contributed by atoms with E-state index in [2.05, 4.69) is 4.72 Å². The van der Waals surface area contributed by atoms with Crippen molar-refractivity contribution >= 4 is 15.7 Å². The maximum atomic E-state index is 12.4. The first-order valence-corrected chi connectivity index (χ1v) is 7.79. The molecule has 0 radical (unpaired) electrons. The van der Waals surface area contributed by atoms with Crippen LogP contribution in [0.15, 0.2) is 17.0 Å². The lowest BCUT2D eigenvalue weighted by molar-refractivity contribution is 0.158. The molecule has 0 saturated heterocycles. The van der Waals surface area contributed by atoms with Crippen molar-refractivity contribution in [1.29, 1.82) is 0 Å². The van der Waals surface area contributed by atoms with Gasteiger partial charge < -0.3 is 15.6 Å². The zero-order valence-corrected chi connectivity index (χ0v) is 12.8. The van der Waals surface area contributed by atoms with Crippen LogP contribution in [0.5, 0.6) is 0 Å². The van der Waals surface area contributed by atoms with Crippen molar-refractivity contribution in [2.45, 2.75) is 31.2 Å². The number of hydrogen-bond donors (Lipinski definition) is 3. The number of sulfonamides is 1. The Hall–Kier alpha value is -1.15. The van der Waals surface area contributed by atoms with Gasteiger partial charge in [-0.05, 0) is 43.5 Å². The van der Waals surface area contributed by atoms with Crippen molar-refractivity contribution < 1.29 is 18.3 Å². The lowest BCUT2D eigenvalue weighted by Crippen LogP contribution is -2.39. The summed E-state index contributed by atoms with van der Waals surface area (Å²) in [6, 6.07) is 2.84. The molecule has 0 aromatic heterocycles. The van der Waals surface area contributed by atoms with Crippen molar-refractivity contribution in [3.8, 4) is 0 Å². The van der Waals surface area contributed by atoms with Crippen molar-refractivity contribution in [1.82, 2.24) is 4.72 Å². The molecule has 1 unspecified atom stereocenters. The van der Waals surface area contributed by atoms with Gasteiger partial charge in [0.2, 0.25) is 10.0 Å². The van der Waals surface area contributed by atoms with E-state index in [0.717, 1.165) is 5.56 Å². The maximum absolute atomic E-state index is 12.4. The topological polar surface area (TPSA) is 102 Å². The molecule has 7 heteroatoms. The van der Waals surface area contributed by atoms with Crippen LogP contribution in [-0.4, -0.2) is 39.9 Å². The zero-order chi connectivity index (χ0) is 15.3. The number of ether oxygens (including phenoxy) is 1. The summed E-state index contributed by atoms with van der Waals surface area (Å²) in [6.07, 6.45) is 0.285. The van der Waals surface area contributed by atoms with Gasteiger partial charge in [-0.3, -0.25) is 0 Å². The van der Waals surface area contributed by atoms with Gasteiger partial charge in [0.25, 0.3) is 0 Å². The summed E-state index contributed by atoms with van der Waals surface area (Å²) in [7, 11) is -2.22. The molecule has 0 saturated carbocycles. The van der Waals surface area contributed by atoms with E-state index in [9.17, 15) is 8.42 Å². The van der Waals surface area contributed by atoms with Gasteiger partial charge in [0.1, 0.15) is 0 Å². The zero-order valence-electron chi connectivity index (χ0n) is 12.0. The van der Waals surface area contributed by atoms with E-state index in [1.54, 1.807) is 26.0 Å². The molecule has 20 heavy (non-hydrogen) atoms. The number of benzene rings is 1. The summed E-state index contributed by atoms with van der Waals surface area (Å²) < 4.78 is 32.3. The summed E-state index contributed by atoms with van der Waals surface area (Å²) in [4.78, 5) is 0.161. The molecule has 0 aliphatic carbocycles. The second-order valence-electron chi connectivity index (χ2n) is 4.76. The molecular weight excluding hydrogens is 280 g/mol. The molecule has 4 N–H and O–H groups in total. The van der Waals surface area contributed by atoms with E-state index in [0.29, 0.717) is 11.3 Å². The number of nitrogen functional groups attached to an aromatic ring is 1. The Morgan fingerprint density at radius 1 is 1.40 bits per heavy atom. The Kier molecular flexibility index (Phi) is 5.94. The SMILES string of the molecule is COCC(CCO)NS(=O)(=O)c1cc(C)cc(N)c1C. The Balaban J connectivity index is 3.10. The Bertz CT molecular complexity index is 552. The highest BCUT2D eigenvalue weighted by atomic mass is 32.2. The monoisotopic (exact) mass is 302 g/mol. The minimum absolute atomic E-state index is 0.120. The van der Waals surface area contributed by atoms with Crippen molar-refractivity contribution in [3.05, 3.63) is 23.3 Å². The predicted molar refractivity (Wildman–Crippen MR) is 78.0 cm³/mol. The first kappa shape index (κ1) is 16.9. The van der Waals surface area contributed by atoms with Crippen LogP contribution in [0, 0.1) is 13.8 Å². The van der Waals surface area contributed by atoms with Gasteiger partial charge >= 0.3 is 0 Å². The lowest BCUT2D eigenvalue weighted by atomic mass is 10.1. The number of hydrogen-bond acceptors (Lipinski definition) is 5. The molecule has 0 aliphatic rings. The van der Waals surface area contributed by atoms with Crippen LogP contribution in [0.1, 0.15) is 17.5 Å². The molecule has 0 spiro atoms. The van der Waals surface area contributed by atoms with Crippen LogP contribution in [0.3, 0.4) is 0 Å². The quantitative estimate of drug-likeness (QED) is 0.639. The summed E-state index contributed by atoms with van der Waals surface area (Å²) in [6.45, 7) is 3.53. The van der Waals surface area contributed by atoms with E-state index in [4.69, 9.17) is 15.6 Å². The molecule has 114 valence electrons. The summed E-state index contributed by atoms with van der Waals surface area (Å²) in [5.74, 6) is 0. The average Bonchev–Trinajstić information content (AvgIpc) is 2.33. The van der Waals surface area contributed by atoms with E-state index in [1.165, 1.54) is 7.11 Å². The number of aliphatic hydroxyl groups is 1. The van der Waals surface area contributed by atoms with E-state index >= 15 is 0 Å². The van der Waals surface area contributed by atoms with Gasteiger partial charge in [0.15, 0.2) is 0 Å². The Morgan fingerprint density at radius 3 is 2.60 bits per heavy atom. The third-order valence-electron chi connectivity index (χ3n) is 3.00. The van der Waals surface area contributed by atoms with E-state index < -0.39 is 16.1 Å². The highest BCUT2D eigenvalue weighted by Gasteiger charge is 2.22. The summed E-state index contributed by atoms with van der Waals surface area (Å²) in [5.41, 5.74) is 7.54. The Labute approximate surface area is 120 Å². The second-order valence-corrected chi connectivity index (χ2v) is 6.45. The number of anilines is 1. The number of methoxy groups -OCH3 is 1. The third kappa shape index (κ3) is 4.17. The minimum Gasteiger partial charge on any atom is -0.398 e. The highest BCUT2D eigenvalue weighted by Crippen LogP contribution is 2.23. The van der Waals surface area contributed by atoms with Crippen molar-refractivity contribution in [2.24, 2.45) is 0 Å². The molecule has 0 heterocycles. The van der Waals surface area contributed by atoms with Gasteiger partial charge in [-0.25, -0.2) is 13.1 Å². The first-order valence-electron chi connectivity index (χ1n) is 6.30. The molecule has 1 rings (SSSR count). The average molecular weight is 302 g/mol. The fourth-order valence-electron chi connectivity index (χ4n) is 1.95. The predicted octanol–water partition coefficient (Wildman–Crippen LogP) is 0.561. The number of nitrogens with two attached hydrogens (primary N) is 1. The fourth-order valence-corrected chi connectivity index (χ4v) is 3.56. The smallest absolute Gasteiger partial charge is 0.241 e. The number of nitrogens with one attached hydrogen (secondary N) is 1. The highest BCUT2D eigenvalue weighted by molar-refractivity contribution is 7.89. The molecule has 0 fully saturated rings. The molecule has 0 bridgehead atoms. The summed E-state index contributed by atoms with van der Waals surface area (Å²) >= 11 is 0. The standard InChI is InChI=1S/C13H22N2O4S/c1-9-6-12(14)10(2)13(7-9)20(17,18)15-11(4-5-16)8-19-3/h6-7,11,15-16H,4-5,8,14H2,1-3H3. The van der Waals surface area contributed by atoms with Crippen molar-refractivity contribution in [2.75, 3.05) is 26.1 Å². The van der Waals surface area contributed by atoms with Gasteiger partial charge in [-0.1, -0.05) is 0 Å². The number of aryl methyl sites for hydroxylation is 1. The molecular formula is C13H22N2O4S. The van der Waals surface area contributed by atoms with Gasteiger partial charge in [-0.2, -0.15) is 0 Å². The second kappa shape index (κ2) is 7.03. The molecule has 0 amide bonds. The van der Waals surface area contributed by atoms with E-state index in [-0.39, 0.29) is 24.5 Å². The van der Waals surface area contributed by atoms with Gasteiger partial charge in [-0.15, -0.1) is 0 Å². The van der Waals surface area contributed by atoms with Crippen LogP contribution in [0.2, 0.25) is 0 Å². The third-order valence-corrected chi connectivity index (χ3v) is 4.65. The van der Waals surface area contributed by atoms with Crippen LogP contribution in [-0.2, 0) is 14.8 Å². The largest absolute Gasteiger partial charge is 0.398 e. The Morgan fingerprint density at radius 2 is 2.05 bits per heavy atom. The number of rotatable bonds is 7. The number of aliphatic hydroxyl groups excluding tert-OH is 1. The molecule has 1 aromatic carbocycles. The molecule has 1 aromatic rings. The normalized spacial score (nSPS) is 13.4. The minimum atomic E-state index is -3.70. The lowest BCUT2D eigenvalue weighted by Gasteiger charge is -2.18. The van der Waals surface area contributed by atoms with Crippen LogP contribution in [0.4, 0.5) is 5.69 Å². The van der Waals surface area contributed by atoms with Crippen LogP contribution in [0.25, 0.3) is 0 Å². The van der Waals surface area contributed by atoms with E-state index in [1.807, 2.05) is 0 Å². The van der Waals surface area contributed by atoms with Crippen LogP contribution < -0.4 is 10.5 Å². The molecule has 1 atom stereocenters. The fraction of sp³-hybridized carbons (Fsp3) is 0.538. The van der Waals surface area contributed by atoms with Gasteiger partial charge in [0, 0.05) is 25.4 Å². The first-order chi connectivity index (χ1) is 9.31. The molecule has 0 aliphatic heterocycles. The van der Waals surface area contributed by atoms with Crippen molar-refractivity contribution in [3.63, 3.8) is 0 Å². The summed E-state index contributed by atoms with van der Waals surface area (Å²) in [5, 5.41) is 8.96. The molecule has 6 nitrogen and oxygen atoms in total.